The summed E-state index contributed by atoms with van der Waals surface area (Å²) in [7, 11) is 0. The summed E-state index contributed by atoms with van der Waals surface area (Å²) in [5, 5.41) is 3.08. The van der Waals surface area contributed by atoms with Crippen molar-refractivity contribution in [3.8, 4) is 12.3 Å². The highest BCUT2D eigenvalue weighted by atomic mass is 16.2. The van der Waals surface area contributed by atoms with Crippen LogP contribution in [0.3, 0.4) is 0 Å². The second-order valence-electron chi connectivity index (χ2n) is 4.81. The average Bonchev–Trinajstić information content (AvgIpc) is 2.72. The molecule has 3 unspecified atom stereocenters. The van der Waals surface area contributed by atoms with Crippen LogP contribution in [0.25, 0.3) is 0 Å². The van der Waals surface area contributed by atoms with Crippen LogP contribution >= 0.6 is 0 Å². The summed E-state index contributed by atoms with van der Waals surface area (Å²) in [5.74, 6) is 4.60. The van der Waals surface area contributed by atoms with Gasteiger partial charge in [-0.05, 0) is 31.1 Å². The lowest BCUT2D eigenvalue weighted by atomic mass is 10.1. The summed E-state index contributed by atoms with van der Waals surface area (Å²) in [6, 6.07) is 0.184. The molecule has 0 radical (unpaired) electrons. The molecule has 2 aliphatic carbocycles. The molecule has 0 spiro atoms. The number of nitrogens with one attached hydrogen (secondary N) is 1. The van der Waals surface area contributed by atoms with Crippen LogP contribution in [0.15, 0.2) is 0 Å². The van der Waals surface area contributed by atoms with E-state index in [1.165, 1.54) is 19.3 Å². The summed E-state index contributed by atoms with van der Waals surface area (Å²) in [6.45, 7) is 2.07. The third-order valence-corrected chi connectivity index (χ3v) is 3.91. The minimum absolute atomic E-state index is 0.184. The first kappa shape index (κ1) is 10.5. The van der Waals surface area contributed by atoms with E-state index in [0.29, 0.717) is 24.2 Å². The van der Waals surface area contributed by atoms with E-state index < -0.39 is 0 Å². The van der Waals surface area contributed by atoms with Crippen molar-refractivity contribution >= 4 is 5.91 Å². The molecule has 2 heteroatoms. The van der Waals surface area contributed by atoms with Gasteiger partial charge in [0.05, 0.1) is 0 Å². The van der Waals surface area contributed by atoms with Gasteiger partial charge in [0, 0.05) is 18.4 Å². The van der Waals surface area contributed by atoms with Crippen LogP contribution < -0.4 is 5.32 Å². The molecule has 82 valence electrons. The number of amides is 1. The third kappa shape index (κ3) is 2.02. The molecule has 15 heavy (non-hydrogen) atoms. The SMILES string of the molecule is C#CCC(CC)NC(=O)C1C2CCCC21. The minimum atomic E-state index is 0.184. The fraction of sp³-hybridized carbons (Fsp3) is 0.769. The maximum Gasteiger partial charge on any atom is 0.223 e. The molecule has 2 saturated carbocycles. The molecule has 0 aromatic carbocycles. The van der Waals surface area contributed by atoms with Gasteiger partial charge in [0.15, 0.2) is 0 Å². The highest BCUT2D eigenvalue weighted by Gasteiger charge is 2.56. The lowest BCUT2D eigenvalue weighted by molar-refractivity contribution is -0.123. The first-order valence-electron chi connectivity index (χ1n) is 6.01. The normalized spacial score (nSPS) is 34.0. The molecule has 0 bridgehead atoms. The van der Waals surface area contributed by atoms with Crippen LogP contribution in [0, 0.1) is 30.1 Å². The lowest BCUT2D eigenvalue weighted by Crippen LogP contribution is -2.36. The van der Waals surface area contributed by atoms with E-state index in [1.54, 1.807) is 0 Å². The number of terminal acetylenes is 1. The summed E-state index contributed by atoms with van der Waals surface area (Å²) < 4.78 is 0. The Morgan fingerprint density at radius 2 is 2.20 bits per heavy atom. The molecular weight excluding hydrogens is 186 g/mol. The summed E-state index contributed by atoms with van der Waals surface area (Å²) >= 11 is 0. The topological polar surface area (TPSA) is 29.1 Å². The predicted octanol–water partition coefficient (Wildman–Crippen LogP) is 1.95. The van der Waals surface area contributed by atoms with E-state index in [2.05, 4.69) is 18.2 Å². The van der Waals surface area contributed by atoms with Gasteiger partial charge in [0.2, 0.25) is 5.91 Å². The van der Waals surface area contributed by atoms with Crippen LogP contribution in [-0.4, -0.2) is 11.9 Å². The highest BCUT2D eigenvalue weighted by Crippen LogP contribution is 2.57. The molecule has 3 atom stereocenters. The Kier molecular flexibility index (Phi) is 3.00. The van der Waals surface area contributed by atoms with Gasteiger partial charge in [0.25, 0.3) is 0 Å². The molecule has 0 aromatic rings. The van der Waals surface area contributed by atoms with Gasteiger partial charge in [-0.1, -0.05) is 13.3 Å². The smallest absolute Gasteiger partial charge is 0.223 e. The standard InChI is InChI=1S/C13H19NO/c1-3-6-9(4-2)14-13(15)12-10-7-5-8-11(10)12/h1,9-12H,4-8H2,2H3,(H,14,15). The van der Waals surface area contributed by atoms with Gasteiger partial charge < -0.3 is 5.32 Å². The molecule has 2 nitrogen and oxygen atoms in total. The van der Waals surface area contributed by atoms with Gasteiger partial charge in [-0.2, -0.15) is 0 Å². The molecule has 0 saturated heterocycles. The van der Waals surface area contributed by atoms with E-state index in [1.807, 2.05) is 0 Å². The number of carbonyl (C=O) groups excluding carboxylic acids is 1. The van der Waals surface area contributed by atoms with E-state index in [9.17, 15) is 4.79 Å². The Hall–Kier alpha value is -0.970. The number of hydrogen-bond donors (Lipinski definition) is 1. The van der Waals surface area contributed by atoms with Gasteiger partial charge >= 0.3 is 0 Å². The zero-order valence-electron chi connectivity index (χ0n) is 9.33. The van der Waals surface area contributed by atoms with Crippen LogP contribution in [0.4, 0.5) is 0 Å². The second-order valence-corrected chi connectivity index (χ2v) is 4.81. The van der Waals surface area contributed by atoms with E-state index in [4.69, 9.17) is 6.42 Å². The number of fused-ring (bicyclic) bond motifs is 1. The largest absolute Gasteiger partial charge is 0.352 e. The Labute approximate surface area is 91.8 Å². The van der Waals surface area contributed by atoms with Gasteiger partial charge in [-0.15, -0.1) is 12.3 Å². The second kappa shape index (κ2) is 4.26. The maximum atomic E-state index is 11.9. The quantitative estimate of drug-likeness (QED) is 0.698. The van der Waals surface area contributed by atoms with Crippen molar-refractivity contribution in [1.29, 1.82) is 0 Å². The molecule has 0 heterocycles. The average molecular weight is 205 g/mol. The first-order chi connectivity index (χ1) is 7.27. The molecule has 0 aromatic heterocycles. The summed E-state index contributed by atoms with van der Waals surface area (Å²) in [5.41, 5.74) is 0. The number of rotatable bonds is 4. The van der Waals surface area contributed by atoms with E-state index in [0.717, 1.165) is 6.42 Å². The van der Waals surface area contributed by atoms with Crippen molar-refractivity contribution in [2.75, 3.05) is 0 Å². The third-order valence-electron chi connectivity index (χ3n) is 3.91. The Morgan fingerprint density at radius 3 is 2.73 bits per heavy atom. The van der Waals surface area contributed by atoms with Crippen LogP contribution in [0.5, 0.6) is 0 Å². The highest BCUT2D eigenvalue weighted by molar-refractivity contribution is 5.82. The van der Waals surface area contributed by atoms with Crippen molar-refractivity contribution in [3.63, 3.8) is 0 Å². The zero-order valence-corrected chi connectivity index (χ0v) is 9.33. The monoisotopic (exact) mass is 205 g/mol. The Bertz CT molecular complexity index is 281. The Morgan fingerprint density at radius 1 is 1.53 bits per heavy atom. The van der Waals surface area contributed by atoms with Crippen molar-refractivity contribution < 1.29 is 4.79 Å². The minimum Gasteiger partial charge on any atom is -0.352 e. The lowest BCUT2D eigenvalue weighted by Gasteiger charge is -2.14. The van der Waals surface area contributed by atoms with Gasteiger partial charge in [-0.25, -0.2) is 0 Å². The van der Waals surface area contributed by atoms with Crippen LogP contribution in [0.1, 0.15) is 39.0 Å². The number of hydrogen-bond acceptors (Lipinski definition) is 1. The maximum absolute atomic E-state index is 11.9. The predicted molar refractivity (Wildman–Crippen MR) is 60.0 cm³/mol. The zero-order chi connectivity index (χ0) is 10.8. The van der Waals surface area contributed by atoms with Crippen molar-refractivity contribution in [3.05, 3.63) is 0 Å². The summed E-state index contributed by atoms with van der Waals surface area (Å²) in [4.78, 5) is 11.9. The molecule has 2 rings (SSSR count). The molecule has 0 aliphatic heterocycles. The molecule has 1 amide bonds. The van der Waals surface area contributed by atoms with Crippen LogP contribution in [0.2, 0.25) is 0 Å². The van der Waals surface area contributed by atoms with Crippen molar-refractivity contribution in [1.82, 2.24) is 5.32 Å². The Balaban J connectivity index is 1.80. The van der Waals surface area contributed by atoms with Gasteiger partial charge in [0.1, 0.15) is 0 Å². The fourth-order valence-corrected chi connectivity index (χ4v) is 2.95. The fourth-order valence-electron chi connectivity index (χ4n) is 2.95. The van der Waals surface area contributed by atoms with E-state index in [-0.39, 0.29) is 11.9 Å². The summed E-state index contributed by atoms with van der Waals surface area (Å²) in [6.07, 6.45) is 10.7. The van der Waals surface area contributed by atoms with E-state index >= 15 is 0 Å². The van der Waals surface area contributed by atoms with Crippen molar-refractivity contribution in [2.24, 2.45) is 17.8 Å². The van der Waals surface area contributed by atoms with Crippen molar-refractivity contribution in [2.45, 2.75) is 45.1 Å². The van der Waals surface area contributed by atoms with Gasteiger partial charge in [-0.3, -0.25) is 4.79 Å². The molecule has 1 N–H and O–H groups in total. The molecular formula is C13H19NO. The number of carbonyl (C=O) groups is 1. The first-order valence-corrected chi connectivity index (χ1v) is 6.01. The molecule has 2 aliphatic rings. The molecule has 2 fully saturated rings. The van der Waals surface area contributed by atoms with Crippen LogP contribution in [-0.2, 0) is 4.79 Å².